The molecule has 1 aromatic carbocycles. The van der Waals surface area contributed by atoms with Gasteiger partial charge in [0.15, 0.2) is 0 Å². The van der Waals surface area contributed by atoms with Gasteiger partial charge in [0, 0.05) is 18.9 Å². The van der Waals surface area contributed by atoms with Gasteiger partial charge in [-0.1, -0.05) is 17.2 Å². The number of rotatable bonds is 5. The van der Waals surface area contributed by atoms with Gasteiger partial charge in [-0.25, -0.2) is 0 Å². The lowest BCUT2D eigenvalue weighted by Gasteiger charge is -2.09. The summed E-state index contributed by atoms with van der Waals surface area (Å²) >= 11 is 0. The number of nitrogens with zero attached hydrogens (tertiary/aromatic N) is 4. The standard InChI is InChI=1S/C14H11N5O6/c20-11-5-6-12(21)18(11)7-10-16-17-14(25-10)15-13(22)8-3-1-2-4-9(8)19(23)24/h1-4H,5-7H2,(H,15,17,22). The number of para-hydroxylation sites is 1. The van der Waals surface area contributed by atoms with Crippen molar-refractivity contribution in [2.75, 3.05) is 5.32 Å². The number of nitrogens with one attached hydrogen (secondary N) is 1. The van der Waals surface area contributed by atoms with Crippen molar-refractivity contribution < 1.29 is 23.7 Å². The molecule has 2 aromatic rings. The third kappa shape index (κ3) is 3.34. The Morgan fingerprint density at radius 3 is 2.60 bits per heavy atom. The third-order valence-corrected chi connectivity index (χ3v) is 3.48. The van der Waals surface area contributed by atoms with Crippen LogP contribution in [-0.2, 0) is 16.1 Å². The second kappa shape index (κ2) is 6.47. The number of likely N-dealkylation sites (tertiary alicyclic amines) is 1. The first-order chi connectivity index (χ1) is 12.0. The van der Waals surface area contributed by atoms with Crippen LogP contribution in [0.1, 0.15) is 29.1 Å². The Hall–Kier alpha value is -3.63. The van der Waals surface area contributed by atoms with E-state index in [0.29, 0.717) is 0 Å². The van der Waals surface area contributed by atoms with Gasteiger partial charge in [-0.15, -0.1) is 5.10 Å². The second-order valence-electron chi connectivity index (χ2n) is 5.10. The van der Waals surface area contributed by atoms with Crippen LogP contribution in [0, 0.1) is 10.1 Å². The monoisotopic (exact) mass is 345 g/mol. The maximum absolute atomic E-state index is 12.1. The minimum atomic E-state index is -0.796. The molecule has 1 aromatic heterocycles. The van der Waals surface area contributed by atoms with Crippen molar-refractivity contribution in [1.82, 2.24) is 15.1 Å². The molecule has 1 N–H and O–H groups in total. The molecule has 128 valence electrons. The molecular formula is C14H11N5O6. The summed E-state index contributed by atoms with van der Waals surface area (Å²) in [7, 11) is 0. The molecular weight excluding hydrogens is 334 g/mol. The molecule has 11 nitrogen and oxygen atoms in total. The van der Waals surface area contributed by atoms with Crippen LogP contribution in [0.3, 0.4) is 0 Å². The van der Waals surface area contributed by atoms with Crippen molar-refractivity contribution in [3.8, 4) is 0 Å². The number of aromatic nitrogens is 2. The minimum absolute atomic E-state index is 0.0403. The molecule has 2 heterocycles. The molecule has 1 saturated heterocycles. The van der Waals surface area contributed by atoms with E-state index in [1.165, 1.54) is 24.3 Å². The lowest BCUT2D eigenvalue weighted by atomic mass is 10.1. The van der Waals surface area contributed by atoms with Crippen LogP contribution >= 0.6 is 0 Å². The molecule has 0 saturated carbocycles. The van der Waals surface area contributed by atoms with E-state index in [-0.39, 0.29) is 54.4 Å². The number of nitro benzene ring substituents is 1. The van der Waals surface area contributed by atoms with E-state index in [0.717, 1.165) is 4.90 Å². The lowest BCUT2D eigenvalue weighted by molar-refractivity contribution is -0.385. The fourth-order valence-electron chi connectivity index (χ4n) is 2.29. The molecule has 1 fully saturated rings. The number of hydrogen-bond donors (Lipinski definition) is 1. The van der Waals surface area contributed by atoms with Gasteiger partial charge in [0.25, 0.3) is 11.6 Å². The van der Waals surface area contributed by atoms with E-state index in [2.05, 4.69) is 15.5 Å². The Morgan fingerprint density at radius 1 is 1.24 bits per heavy atom. The van der Waals surface area contributed by atoms with E-state index in [4.69, 9.17) is 4.42 Å². The van der Waals surface area contributed by atoms with Crippen molar-refractivity contribution in [3.63, 3.8) is 0 Å². The van der Waals surface area contributed by atoms with E-state index < -0.39 is 10.8 Å². The van der Waals surface area contributed by atoms with E-state index >= 15 is 0 Å². The number of carbonyl (C=O) groups is 3. The molecule has 0 aliphatic carbocycles. The van der Waals surface area contributed by atoms with Gasteiger partial charge in [0.05, 0.1) is 4.92 Å². The van der Waals surface area contributed by atoms with Crippen molar-refractivity contribution >= 4 is 29.4 Å². The van der Waals surface area contributed by atoms with Crippen molar-refractivity contribution in [3.05, 3.63) is 45.8 Å². The Bertz CT molecular complexity index is 860. The Morgan fingerprint density at radius 2 is 1.92 bits per heavy atom. The summed E-state index contributed by atoms with van der Waals surface area (Å²) < 4.78 is 5.16. The highest BCUT2D eigenvalue weighted by Crippen LogP contribution is 2.20. The molecule has 0 unspecified atom stereocenters. The zero-order valence-corrected chi connectivity index (χ0v) is 12.7. The summed E-state index contributed by atoms with van der Waals surface area (Å²) in [6, 6.07) is 5.10. The van der Waals surface area contributed by atoms with Gasteiger partial charge < -0.3 is 4.42 Å². The maximum atomic E-state index is 12.1. The van der Waals surface area contributed by atoms with Crippen LogP contribution in [0.4, 0.5) is 11.7 Å². The summed E-state index contributed by atoms with van der Waals surface area (Å²) in [6.07, 6.45) is 0.266. The first kappa shape index (κ1) is 16.2. The fraction of sp³-hybridized carbons (Fsp3) is 0.214. The normalized spacial score (nSPS) is 14.0. The van der Waals surface area contributed by atoms with Crippen LogP contribution in [0.2, 0.25) is 0 Å². The van der Waals surface area contributed by atoms with Crippen LogP contribution in [0.25, 0.3) is 0 Å². The number of benzene rings is 1. The molecule has 11 heteroatoms. The lowest BCUT2D eigenvalue weighted by Crippen LogP contribution is -2.28. The molecule has 25 heavy (non-hydrogen) atoms. The zero-order valence-electron chi connectivity index (χ0n) is 12.7. The van der Waals surface area contributed by atoms with E-state index in [9.17, 15) is 24.5 Å². The second-order valence-corrected chi connectivity index (χ2v) is 5.10. The molecule has 1 aliphatic heterocycles. The maximum Gasteiger partial charge on any atom is 0.322 e. The average Bonchev–Trinajstić information content (AvgIpc) is 3.16. The number of nitro groups is 1. The Kier molecular flexibility index (Phi) is 4.20. The number of hydrogen-bond acceptors (Lipinski definition) is 8. The highest BCUT2D eigenvalue weighted by atomic mass is 16.6. The largest absolute Gasteiger partial charge is 0.406 e. The highest BCUT2D eigenvalue weighted by Gasteiger charge is 2.30. The zero-order chi connectivity index (χ0) is 18.0. The number of imide groups is 1. The topological polar surface area (TPSA) is 149 Å². The van der Waals surface area contributed by atoms with E-state index in [1.54, 1.807) is 0 Å². The van der Waals surface area contributed by atoms with Gasteiger partial charge in [-0.05, 0) is 6.07 Å². The van der Waals surface area contributed by atoms with Gasteiger partial charge in [0.2, 0.25) is 17.7 Å². The van der Waals surface area contributed by atoms with Gasteiger partial charge in [-0.2, -0.15) is 0 Å². The molecule has 0 radical (unpaired) electrons. The predicted octanol–water partition coefficient (Wildman–Crippen LogP) is 0.879. The number of anilines is 1. The quantitative estimate of drug-likeness (QED) is 0.477. The minimum Gasteiger partial charge on any atom is -0.406 e. The van der Waals surface area contributed by atoms with Crippen molar-refractivity contribution in [2.45, 2.75) is 19.4 Å². The average molecular weight is 345 g/mol. The van der Waals surface area contributed by atoms with Gasteiger partial charge in [0.1, 0.15) is 12.1 Å². The fourth-order valence-corrected chi connectivity index (χ4v) is 2.29. The summed E-state index contributed by atoms with van der Waals surface area (Å²) in [5, 5.41) is 20.4. The van der Waals surface area contributed by atoms with Gasteiger partial charge in [-0.3, -0.25) is 34.7 Å². The van der Waals surface area contributed by atoms with Crippen LogP contribution < -0.4 is 5.32 Å². The molecule has 3 amide bonds. The van der Waals surface area contributed by atoms with E-state index in [1.807, 2.05) is 0 Å². The molecule has 0 spiro atoms. The molecule has 0 atom stereocenters. The summed E-state index contributed by atoms with van der Waals surface area (Å²) in [5.74, 6) is -1.51. The third-order valence-electron chi connectivity index (χ3n) is 3.48. The number of amides is 3. The van der Waals surface area contributed by atoms with Crippen LogP contribution in [0.5, 0.6) is 0 Å². The summed E-state index contributed by atoms with van der Waals surface area (Å²) in [6.45, 7) is -0.188. The van der Waals surface area contributed by atoms with Crippen LogP contribution in [0.15, 0.2) is 28.7 Å². The molecule has 1 aliphatic rings. The SMILES string of the molecule is O=C(Nc1nnc(CN2C(=O)CCC2=O)o1)c1ccccc1[N+](=O)[O-]. The molecule has 3 rings (SSSR count). The first-order valence-electron chi connectivity index (χ1n) is 7.16. The Labute approximate surface area is 139 Å². The van der Waals surface area contributed by atoms with Crippen molar-refractivity contribution in [1.29, 1.82) is 0 Å². The summed E-state index contributed by atoms with van der Waals surface area (Å²) in [4.78, 5) is 46.5. The Balaban J connectivity index is 1.71. The molecule has 0 bridgehead atoms. The number of carbonyl (C=O) groups excluding carboxylic acids is 3. The van der Waals surface area contributed by atoms with Crippen LogP contribution in [-0.4, -0.2) is 37.7 Å². The predicted molar refractivity (Wildman–Crippen MR) is 80.1 cm³/mol. The van der Waals surface area contributed by atoms with Gasteiger partial charge >= 0.3 is 6.01 Å². The first-order valence-corrected chi connectivity index (χ1v) is 7.16. The smallest absolute Gasteiger partial charge is 0.322 e. The summed E-state index contributed by atoms with van der Waals surface area (Å²) in [5.41, 5.74) is -0.537. The van der Waals surface area contributed by atoms with Crippen molar-refractivity contribution in [2.24, 2.45) is 0 Å². The highest BCUT2D eigenvalue weighted by molar-refractivity contribution is 6.06.